The molecule has 4 aromatic rings. The number of carbonyl (C=O) groups excluding carboxylic acids is 1. The van der Waals surface area contributed by atoms with Crippen molar-refractivity contribution in [1.82, 2.24) is 9.97 Å². The van der Waals surface area contributed by atoms with Gasteiger partial charge in [0.25, 0.3) is 5.56 Å². The van der Waals surface area contributed by atoms with E-state index >= 15 is 0 Å². The van der Waals surface area contributed by atoms with Gasteiger partial charge in [0.2, 0.25) is 0 Å². The fourth-order valence-corrected chi connectivity index (χ4v) is 3.95. The Morgan fingerprint density at radius 2 is 1.83 bits per heavy atom. The molecule has 1 aliphatic rings. The molecule has 1 N–H and O–H groups in total. The molecule has 0 amide bonds. The minimum atomic E-state index is -0.164. The van der Waals surface area contributed by atoms with Crippen molar-refractivity contribution in [3.63, 3.8) is 0 Å². The van der Waals surface area contributed by atoms with Crippen LogP contribution < -0.4 is 10.5 Å². The summed E-state index contributed by atoms with van der Waals surface area (Å²) < 4.78 is 5.40. The lowest BCUT2D eigenvalue weighted by Crippen LogP contribution is -2.36. The van der Waals surface area contributed by atoms with Crippen LogP contribution >= 0.6 is 0 Å². The third-order valence-corrected chi connectivity index (χ3v) is 5.45. The zero-order valence-corrected chi connectivity index (χ0v) is 15.7. The fourth-order valence-electron chi connectivity index (χ4n) is 3.95. The molecule has 0 aliphatic carbocycles. The van der Waals surface area contributed by atoms with Gasteiger partial charge in [-0.2, -0.15) is 0 Å². The van der Waals surface area contributed by atoms with E-state index in [4.69, 9.17) is 4.74 Å². The number of H-pyrrole nitrogens is 1. The molecule has 1 saturated heterocycles. The number of morpholine rings is 1. The number of rotatable bonds is 3. The Hall–Kier alpha value is -3.51. The highest BCUT2D eigenvalue weighted by atomic mass is 16.5. The molecule has 29 heavy (non-hydrogen) atoms. The fraction of sp³-hybridized carbons (Fsp3) is 0.174. The molecule has 0 bridgehead atoms. The van der Waals surface area contributed by atoms with Crippen molar-refractivity contribution < 1.29 is 9.53 Å². The second kappa shape index (κ2) is 7.14. The second-order valence-corrected chi connectivity index (χ2v) is 7.12. The van der Waals surface area contributed by atoms with Gasteiger partial charge in [-0.3, -0.25) is 9.59 Å². The number of aromatic amines is 1. The second-order valence-electron chi connectivity index (χ2n) is 7.12. The lowest BCUT2D eigenvalue weighted by atomic mass is 9.95. The van der Waals surface area contributed by atoms with Crippen molar-refractivity contribution in [3.8, 4) is 11.1 Å². The van der Waals surface area contributed by atoms with Crippen molar-refractivity contribution in [2.24, 2.45) is 0 Å². The van der Waals surface area contributed by atoms with E-state index in [0.29, 0.717) is 10.9 Å². The SMILES string of the molecule is O=Cc1cc2cc[nH]c(=O)c2c2cc(-c3ccc(N4CCOCC4)nc3)ccc12. The van der Waals surface area contributed by atoms with Crippen LogP contribution in [0.4, 0.5) is 5.82 Å². The van der Waals surface area contributed by atoms with Crippen molar-refractivity contribution in [2.45, 2.75) is 0 Å². The standard InChI is InChI=1S/C23H19N3O3/c27-14-18-11-16-5-6-24-23(28)22(16)20-12-15(1-3-19(18)20)17-2-4-21(25-13-17)26-7-9-29-10-8-26/h1-6,11-14H,7-10H2,(H,24,28). The van der Waals surface area contributed by atoms with Crippen LogP contribution in [0.2, 0.25) is 0 Å². The smallest absolute Gasteiger partial charge is 0.256 e. The van der Waals surface area contributed by atoms with Gasteiger partial charge in [0, 0.05) is 36.6 Å². The van der Waals surface area contributed by atoms with Gasteiger partial charge in [0.1, 0.15) is 5.82 Å². The summed E-state index contributed by atoms with van der Waals surface area (Å²) in [6.45, 7) is 3.11. The molecule has 5 rings (SSSR count). The first-order valence-corrected chi connectivity index (χ1v) is 9.57. The van der Waals surface area contributed by atoms with Crippen LogP contribution in [0.3, 0.4) is 0 Å². The molecule has 2 aromatic heterocycles. The zero-order chi connectivity index (χ0) is 19.8. The number of hydrogen-bond donors (Lipinski definition) is 1. The lowest BCUT2D eigenvalue weighted by Gasteiger charge is -2.27. The van der Waals surface area contributed by atoms with Gasteiger partial charge in [-0.1, -0.05) is 12.1 Å². The number of anilines is 1. The molecule has 6 heteroatoms. The minimum Gasteiger partial charge on any atom is -0.378 e. The first-order chi connectivity index (χ1) is 14.2. The molecule has 0 spiro atoms. The number of nitrogens with zero attached hydrogens (tertiary/aromatic N) is 2. The van der Waals surface area contributed by atoms with Crippen LogP contribution in [-0.2, 0) is 4.74 Å². The number of benzene rings is 2. The molecule has 6 nitrogen and oxygen atoms in total. The third kappa shape index (κ3) is 3.07. The Labute approximate surface area is 166 Å². The maximum absolute atomic E-state index is 12.5. The van der Waals surface area contributed by atoms with Gasteiger partial charge >= 0.3 is 0 Å². The van der Waals surface area contributed by atoms with E-state index in [1.807, 2.05) is 42.6 Å². The van der Waals surface area contributed by atoms with Gasteiger partial charge in [0.15, 0.2) is 6.29 Å². The first-order valence-electron chi connectivity index (χ1n) is 9.57. The zero-order valence-electron chi connectivity index (χ0n) is 15.7. The highest BCUT2D eigenvalue weighted by Gasteiger charge is 2.13. The number of ether oxygens (including phenoxy) is 1. The monoisotopic (exact) mass is 385 g/mol. The predicted octanol–water partition coefficient (Wildman–Crippen LogP) is 3.39. The number of aldehydes is 1. The van der Waals surface area contributed by atoms with Crippen molar-refractivity contribution in [2.75, 3.05) is 31.2 Å². The summed E-state index contributed by atoms with van der Waals surface area (Å²) in [6.07, 6.45) is 4.28. The summed E-state index contributed by atoms with van der Waals surface area (Å²) in [5.41, 5.74) is 2.32. The summed E-state index contributed by atoms with van der Waals surface area (Å²) in [4.78, 5) is 33.6. The lowest BCUT2D eigenvalue weighted by molar-refractivity contribution is 0.112. The number of aromatic nitrogens is 2. The molecule has 144 valence electrons. The van der Waals surface area contributed by atoms with Crippen LogP contribution in [0, 0.1) is 0 Å². The van der Waals surface area contributed by atoms with Gasteiger partial charge in [0.05, 0.1) is 18.6 Å². The largest absolute Gasteiger partial charge is 0.378 e. The number of pyridine rings is 2. The van der Waals surface area contributed by atoms with Crippen molar-refractivity contribution in [1.29, 1.82) is 0 Å². The third-order valence-electron chi connectivity index (χ3n) is 5.45. The maximum Gasteiger partial charge on any atom is 0.256 e. The van der Waals surface area contributed by atoms with Crippen LogP contribution in [0.15, 0.2) is 59.7 Å². The Bertz CT molecular complexity index is 1270. The van der Waals surface area contributed by atoms with Gasteiger partial charge in [-0.25, -0.2) is 4.98 Å². The van der Waals surface area contributed by atoms with E-state index in [1.54, 1.807) is 12.3 Å². The van der Waals surface area contributed by atoms with Gasteiger partial charge in [-0.05, 0) is 52.1 Å². The Balaban J connectivity index is 1.63. The van der Waals surface area contributed by atoms with Crippen LogP contribution in [-0.4, -0.2) is 42.6 Å². The summed E-state index contributed by atoms with van der Waals surface area (Å²) >= 11 is 0. The average molecular weight is 385 g/mol. The average Bonchev–Trinajstić information content (AvgIpc) is 2.79. The number of nitrogens with one attached hydrogen (secondary N) is 1. The number of hydrogen-bond acceptors (Lipinski definition) is 5. The highest BCUT2D eigenvalue weighted by Crippen LogP contribution is 2.30. The van der Waals surface area contributed by atoms with E-state index in [1.165, 1.54) is 0 Å². The maximum atomic E-state index is 12.5. The van der Waals surface area contributed by atoms with E-state index in [-0.39, 0.29) is 5.56 Å². The molecule has 0 saturated carbocycles. The molecule has 0 radical (unpaired) electrons. The minimum absolute atomic E-state index is 0.164. The molecular formula is C23H19N3O3. The molecule has 0 unspecified atom stereocenters. The molecule has 0 atom stereocenters. The Morgan fingerprint density at radius 3 is 2.59 bits per heavy atom. The topological polar surface area (TPSA) is 75.3 Å². The highest BCUT2D eigenvalue weighted by molar-refractivity contribution is 6.14. The van der Waals surface area contributed by atoms with Crippen LogP contribution in [0.5, 0.6) is 0 Å². The number of fused-ring (bicyclic) bond motifs is 3. The number of carbonyl (C=O) groups is 1. The van der Waals surface area contributed by atoms with E-state index < -0.39 is 0 Å². The summed E-state index contributed by atoms with van der Waals surface area (Å²) in [6, 6.07) is 13.4. The molecular weight excluding hydrogens is 366 g/mol. The summed E-state index contributed by atoms with van der Waals surface area (Å²) in [7, 11) is 0. The normalized spacial score (nSPS) is 14.4. The van der Waals surface area contributed by atoms with Crippen LogP contribution in [0.25, 0.3) is 32.7 Å². The van der Waals surface area contributed by atoms with E-state index in [2.05, 4.69) is 14.9 Å². The summed E-state index contributed by atoms with van der Waals surface area (Å²) in [5.74, 6) is 0.933. The predicted molar refractivity (Wildman–Crippen MR) is 114 cm³/mol. The van der Waals surface area contributed by atoms with Crippen molar-refractivity contribution >= 4 is 33.6 Å². The van der Waals surface area contributed by atoms with E-state index in [9.17, 15) is 9.59 Å². The quantitative estimate of drug-likeness (QED) is 0.432. The summed E-state index contributed by atoms with van der Waals surface area (Å²) in [5, 5.41) is 2.88. The molecule has 1 aliphatic heterocycles. The first kappa shape index (κ1) is 17.6. The Kier molecular flexibility index (Phi) is 4.33. The van der Waals surface area contributed by atoms with Gasteiger partial charge in [-0.15, -0.1) is 0 Å². The molecule has 3 heterocycles. The molecule has 1 fully saturated rings. The van der Waals surface area contributed by atoms with Gasteiger partial charge < -0.3 is 14.6 Å². The molecule has 2 aromatic carbocycles. The van der Waals surface area contributed by atoms with Crippen LogP contribution in [0.1, 0.15) is 10.4 Å². The van der Waals surface area contributed by atoms with E-state index in [0.717, 1.165) is 65.7 Å². The Morgan fingerprint density at radius 1 is 1.00 bits per heavy atom. The van der Waals surface area contributed by atoms with Crippen molar-refractivity contribution in [3.05, 3.63) is 70.8 Å².